The number of esters is 1. The van der Waals surface area contributed by atoms with E-state index in [9.17, 15) is 9.18 Å². The third-order valence-electron chi connectivity index (χ3n) is 3.57. The molecule has 0 N–H and O–H groups in total. The van der Waals surface area contributed by atoms with Crippen LogP contribution in [0.4, 0.5) is 4.39 Å². The van der Waals surface area contributed by atoms with Gasteiger partial charge in [-0.25, -0.2) is 14.2 Å². The number of rotatable bonds is 5. The van der Waals surface area contributed by atoms with Crippen molar-refractivity contribution in [1.82, 2.24) is 0 Å². The van der Waals surface area contributed by atoms with Crippen molar-refractivity contribution >= 4 is 29.5 Å². The molecule has 0 fully saturated rings. The molecule has 26 heavy (non-hydrogen) atoms. The molecule has 2 aromatic rings. The Morgan fingerprint density at radius 1 is 1.31 bits per heavy atom. The first-order chi connectivity index (χ1) is 12.5. The number of carbonyl (C=O) groups is 1. The summed E-state index contributed by atoms with van der Waals surface area (Å²) in [5.41, 5.74) is 0.720. The molecule has 0 atom stereocenters. The quantitative estimate of drug-likeness (QED) is 0.579. The lowest BCUT2D eigenvalue weighted by Gasteiger charge is -2.11. The van der Waals surface area contributed by atoms with Crippen LogP contribution in [0.1, 0.15) is 18.1 Å². The SMILES string of the molecule is CCOc1c(Cl)cc(C=C2N=C(c3ccccc3F)OC2=O)cc1OC. The summed E-state index contributed by atoms with van der Waals surface area (Å²) in [6.45, 7) is 2.26. The van der Waals surface area contributed by atoms with Gasteiger partial charge in [-0.05, 0) is 42.8 Å². The maximum Gasteiger partial charge on any atom is 0.363 e. The Labute approximate surface area is 154 Å². The van der Waals surface area contributed by atoms with E-state index in [1.54, 1.807) is 24.3 Å². The second-order valence-corrected chi connectivity index (χ2v) is 5.69. The number of methoxy groups -OCH3 is 1. The van der Waals surface area contributed by atoms with Crippen molar-refractivity contribution in [3.63, 3.8) is 0 Å². The minimum atomic E-state index is -0.674. The molecule has 1 heterocycles. The standard InChI is InChI=1S/C19H15ClFNO4/c1-3-25-17-13(20)8-11(10-16(17)24-2)9-15-19(23)26-18(22-15)12-6-4-5-7-14(12)21/h4-10H,3H2,1-2H3. The summed E-state index contributed by atoms with van der Waals surface area (Å²) < 4.78 is 29.7. The third-order valence-corrected chi connectivity index (χ3v) is 3.85. The maximum atomic E-state index is 13.9. The van der Waals surface area contributed by atoms with E-state index < -0.39 is 11.8 Å². The monoisotopic (exact) mass is 375 g/mol. The summed E-state index contributed by atoms with van der Waals surface area (Å²) >= 11 is 6.22. The molecule has 2 aromatic carbocycles. The van der Waals surface area contributed by atoms with Crippen LogP contribution in [0.3, 0.4) is 0 Å². The normalized spacial score (nSPS) is 15.0. The number of halogens is 2. The van der Waals surface area contributed by atoms with Crippen molar-refractivity contribution in [1.29, 1.82) is 0 Å². The number of ether oxygens (including phenoxy) is 3. The second kappa shape index (κ2) is 7.58. The van der Waals surface area contributed by atoms with Crippen LogP contribution < -0.4 is 9.47 Å². The highest BCUT2D eigenvalue weighted by molar-refractivity contribution is 6.32. The molecule has 7 heteroatoms. The molecule has 1 aliphatic heterocycles. The average Bonchev–Trinajstić information content (AvgIpc) is 2.98. The van der Waals surface area contributed by atoms with Crippen molar-refractivity contribution in [3.8, 4) is 11.5 Å². The zero-order valence-electron chi connectivity index (χ0n) is 14.1. The van der Waals surface area contributed by atoms with Gasteiger partial charge in [-0.2, -0.15) is 0 Å². The predicted octanol–water partition coefficient (Wildman–Crippen LogP) is 4.23. The lowest BCUT2D eigenvalue weighted by molar-refractivity contribution is -0.129. The molecular weight excluding hydrogens is 361 g/mol. The van der Waals surface area contributed by atoms with E-state index in [0.717, 1.165) is 0 Å². The van der Waals surface area contributed by atoms with Crippen molar-refractivity contribution in [3.05, 3.63) is 64.1 Å². The van der Waals surface area contributed by atoms with Crippen LogP contribution >= 0.6 is 11.6 Å². The van der Waals surface area contributed by atoms with E-state index in [0.29, 0.717) is 28.7 Å². The lowest BCUT2D eigenvalue weighted by atomic mass is 10.1. The first kappa shape index (κ1) is 17.9. The fourth-order valence-corrected chi connectivity index (χ4v) is 2.70. The molecule has 0 aromatic heterocycles. The van der Waals surface area contributed by atoms with Gasteiger partial charge in [0.05, 0.1) is 24.3 Å². The lowest BCUT2D eigenvalue weighted by Crippen LogP contribution is -2.07. The minimum Gasteiger partial charge on any atom is -0.493 e. The van der Waals surface area contributed by atoms with Gasteiger partial charge in [0.25, 0.3) is 0 Å². The summed E-state index contributed by atoms with van der Waals surface area (Å²) in [7, 11) is 1.49. The number of carbonyl (C=O) groups excluding carboxylic acids is 1. The van der Waals surface area contributed by atoms with E-state index in [1.807, 2.05) is 6.92 Å². The first-order valence-corrected chi connectivity index (χ1v) is 8.19. The van der Waals surface area contributed by atoms with E-state index in [-0.39, 0.29) is 17.2 Å². The van der Waals surface area contributed by atoms with Crippen molar-refractivity contribution in [2.45, 2.75) is 6.92 Å². The van der Waals surface area contributed by atoms with Crippen molar-refractivity contribution in [2.75, 3.05) is 13.7 Å². The Morgan fingerprint density at radius 3 is 2.77 bits per heavy atom. The fraction of sp³-hybridized carbons (Fsp3) is 0.158. The van der Waals surface area contributed by atoms with Crippen LogP contribution in [0.2, 0.25) is 5.02 Å². The van der Waals surface area contributed by atoms with Gasteiger partial charge in [-0.3, -0.25) is 0 Å². The highest BCUT2D eigenvalue weighted by Gasteiger charge is 2.26. The average molecular weight is 376 g/mol. The van der Waals surface area contributed by atoms with E-state index in [2.05, 4.69) is 4.99 Å². The number of nitrogens with zero attached hydrogens (tertiary/aromatic N) is 1. The summed E-state index contributed by atoms with van der Waals surface area (Å²) in [5, 5.41) is 0.336. The van der Waals surface area contributed by atoms with Crippen LogP contribution in [0.5, 0.6) is 11.5 Å². The summed E-state index contributed by atoms with van der Waals surface area (Å²) in [5.74, 6) is -0.430. The van der Waals surface area contributed by atoms with Gasteiger partial charge in [-0.1, -0.05) is 23.7 Å². The zero-order valence-corrected chi connectivity index (χ0v) is 14.8. The van der Waals surface area contributed by atoms with Crippen LogP contribution in [0.25, 0.3) is 6.08 Å². The molecule has 5 nitrogen and oxygen atoms in total. The third kappa shape index (κ3) is 3.55. The molecule has 0 saturated carbocycles. The number of hydrogen-bond donors (Lipinski definition) is 0. The topological polar surface area (TPSA) is 57.1 Å². The highest BCUT2D eigenvalue weighted by Crippen LogP contribution is 2.37. The number of benzene rings is 2. The number of aliphatic imine (C=N–C) groups is 1. The fourth-order valence-electron chi connectivity index (χ4n) is 2.42. The predicted molar refractivity (Wildman–Crippen MR) is 96.2 cm³/mol. The first-order valence-electron chi connectivity index (χ1n) is 7.81. The van der Waals surface area contributed by atoms with E-state index in [1.165, 1.54) is 25.3 Å². The summed E-state index contributed by atoms with van der Waals surface area (Å²) in [4.78, 5) is 16.2. The molecule has 0 saturated heterocycles. The van der Waals surface area contributed by atoms with E-state index in [4.69, 9.17) is 25.8 Å². The van der Waals surface area contributed by atoms with Gasteiger partial charge in [0.1, 0.15) is 5.82 Å². The second-order valence-electron chi connectivity index (χ2n) is 5.28. The molecule has 0 aliphatic carbocycles. The van der Waals surface area contributed by atoms with Gasteiger partial charge in [0.2, 0.25) is 5.90 Å². The Hall–Kier alpha value is -2.86. The highest BCUT2D eigenvalue weighted by atomic mass is 35.5. The smallest absolute Gasteiger partial charge is 0.363 e. The number of cyclic esters (lactones) is 1. The van der Waals surface area contributed by atoms with Gasteiger partial charge < -0.3 is 14.2 Å². The Morgan fingerprint density at radius 2 is 2.08 bits per heavy atom. The summed E-state index contributed by atoms with van der Waals surface area (Å²) in [6, 6.07) is 9.21. The van der Waals surface area contributed by atoms with Gasteiger partial charge >= 0.3 is 5.97 Å². The van der Waals surface area contributed by atoms with Crippen LogP contribution in [-0.2, 0) is 9.53 Å². The molecule has 3 rings (SSSR count). The maximum absolute atomic E-state index is 13.9. The molecule has 0 amide bonds. The van der Waals surface area contributed by atoms with Crippen LogP contribution in [0, 0.1) is 5.82 Å². The van der Waals surface area contributed by atoms with E-state index >= 15 is 0 Å². The van der Waals surface area contributed by atoms with Crippen molar-refractivity contribution < 1.29 is 23.4 Å². The Balaban J connectivity index is 1.98. The Bertz CT molecular complexity index is 924. The molecule has 0 bridgehead atoms. The number of hydrogen-bond acceptors (Lipinski definition) is 5. The van der Waals surface area contributed by atoms with Gasteiger partial charge in [-0.15, -0.1) is 0 Å². The molecule has 0 unspecified atom stereocenters. The van der Waals surface area contributed by atoms with Gasteiger partial charge in [0.15, 0.2) is 17.2 Å². The largest absolute Gasteiger partial charge is 0.493 e. The molecule has 1 aliphatic rings. The van der Waals surface area contributed by atoms with Crippen LogP contribution in [0.15, 0.2) is 47.1 Å². The summed E-state index contributed by atoms with van der Waals surface area (Å²) in [6.07, 6.45) is 1.49. The molecule has 134 valence electrons. The zero-order chi connectivity index (χ0) is 18.7. The molecule has 0 radical (unpaired) electrons. The Kier molecular flexibility index (Phi) is 5.23. The van der Waals surface area contributed by atoms with Gasteiger partial charge in [0, 0.05) is 0 Å². The van der Waals surface area contributed by atoms with Crippen LogP contribution in [-0.4, -0.2) is 25.6 Å². The van der Waals surface area contributed by atoms with Crippen molar-refractivity contribution in [2.24, 2.45) is 4.99 Å². The molecular formula is C19H15ClFNO4. The molecule has 0 spiro atoms. The minimum absolute atomic E-state index is 0.0329.